The predicted octanol–water partition coefficient (Wildman–Crippen LogP) is 4.51. The maximum atomic E-state index is 13.6. The molecule has 0 spiro atoms. The van der Waals surface area contributed by atoms with Gasteiger partial charge in [-0.1, -0.05) is 0 Å². The first-order chi connectivity index (χ1) is 11.0. The lowest BCUT2D eigenvalue weighted by Gasteiger charge is -2.08. The number of halogens is 2. The zero-order valence-corrected chi connectivity index (χ0v) is 12.9. The fraction of sp³-hybridized carbons (Fsp3) is 0.222. The van der Waals surface area contributed by atoms with Gasteiger partial charge in [-0.3, -0.25) is 0 Å². The molecule has 0 aliphatic rings. The lowest BCUT2D eigenvalue weighted by Crippen LogP contribution is -2.01. The van der Waals surface area contributed by atoms with Crippen molar-refractivity contribution in [2.45, 2.75) is 26.8 Å². The van der Waals surface area contributed by atoms with E-state index >= 15 is 0 Å². The van der Waals surface area contributed by atoms with Crippen LogP contribution in [0.5, 0.6) is 0 Å². The Labute approximate surface area is 132 Å². The third kappa shape index (κ3) is 2.68. The summed E-state index contributed by atoms with van der Waals surface area (Å²) in [6.45, 7) is 4.46. The largest absolute Gasteiger partial charge is 0.323 e. The summed E-state index contributed by atoms with van der Waals surface area (Å²) in [4.78, 5) is 4.57. The maximum Gasteiger partial charge on any atom is 0.159 e. The van der Waals surface area contributed by atoms with E-state index in [1.165, 1.54) is 6.07 Å². The lowest BCUT2D eigenvalue weighted by molar-refractivity contribution is 0.509. The van der Waals surface area contributed by atoms with Crippen LogP contribution in [0.25, 0.3) is 22.4 Å². The molecule has 0 atom stereocenters. The molecule has 5 heteroatoms. The van der Waals surface area contributed by atoms with Gasteiger partial charge in [-0.2, -0.15) is 5.26 Å². The Hall–Kier alpha value is -2.74. The molecule has 0 unspecified atom stereocenters. The number of aryl methyl sites for hydroxylation is 3. The minimum Gasteiger partial charge on any atom is -0.323 e. The van der Waals surface area contributed by atoms with Crippen molar-refractivity contribution < 1.29 is 8.78 Å². The molecule has 0 aliphatic carbocycles. The summed E-state index contributed by atoms with van der Waals surface area (Å²) in [5.74, 6) is -1.26. The molecule has 0 aliphatic heterocycles. The molecule has 0 fully saturated rings. The molecule has 3 rings (SSSR count). The second kappa shape index (κ2) is 5.81. The second-order valence-corrected chi connectivity index (χ2v) is 5.55. The molecular formula is C18H15F2N3. The Kier molecular flexibility index (Phi) is 3.83. The van der Waals surface area contributed by atoms with Gasteiger partial charge in [-0.25, -0.2) is 13.8 Å². The van der Waals surface area contributed by atoms with Crippen LogP contribution in [0.2, 0.25) is 0 Å². The van der Waals surface area contributed by atoms with Gasteiger partial charge in [0.25, 0.3) is 0 Å². The van der Waals surface area contributed by atoms with Gasteiger partial charge >= 0.3 is 0 Å². The molecule has 3 aromatic rings. The Balaban J connectivity index is 2.25. The third-order valence-electron chi connectivity index (χ3n) is 3.99. The number of fused-ring (bicyclic) bond motifs is 1. The average molecular weight is 311 g/mol. The molecule has 0 amide bonds. The average Bonchev–Trinajstić information content (AvgIpc) is 2.86. The highest BCUT2D eigenvalue weighted by Gasteiger charge is 2.15. The molecule has 1 aromatic heterocycles. The van der Waals surface area contributed by atoms with Gasteiger partial charge in [0.1, 0.15) is 5.82 Å². The molecule has 0 saturated carbocycles. The number of nitriles is 1. The number of hydrogen-bond acceptors (Lipinski definition) is 2. The fourth-order valence-electron chi connectivity index (χ4n) is 2.62. The van der Waals surface area contributed by atoms with Crippen molar-refractivity contribution >= 4 is 11.0 Å². The molecule has 0 saturated heterocycles. The standard InChI is InChI=1S/C18H15F2N3/c1-11-8-16-17(9-12(11)2)23(7-3-6-21)18(22-16)13-4-5-14(19)15(20)10-13/h4-5,8-10H,3,7H2,1-2H3. The molecule has 0 radical (unpaired) electrons. The molecule has 116 valence electrons. The first-order valence-corrected chi connectivity index (χ1v) is 7.31. The summed E-state index contributed by atoms with van der Waals surface area (Å²) >= 11 is 0. The van der Waals surface area contributed by atoms with Crippen LogP contribution in [0.4, 0.5) is 8.78 Å². The van der Waals surface area contributed by atoms with Crippen molar-refractivity contribution in [1.29, 1.82) is 5.26 Å². The third-order valence-corrected chi connectivity index (χ3v) is 3.99. The molecule has 0 N–H and O–H groups in total. The summed E-state index contributed by atoms with van der Waals surface area (Å²) < 4.78 is 28.6. The molecule has 1 heterocycles. The predicted molar refractivity (Wildman–Crippen MR) is 84.8 cm³/mol. The van der Waals surface area contributed by atoms with Gasteiger partial charge in [-0.05, 0) is 55.3 Å². The van der Waals surface area contributed by atoms with E-state index in [9.17, 15) is 8.78 Å². The van der Waals surface area contributed by atoms with Gasteiger partial charge in [0.2, 0.25) is 0 Å². The van der Waals surface area contributed by atoms with Crippen LogP contribution in [-0.4, -0.2) is 9.55 Å². The molecule has 2 aromatic carbocycles. The van der Waals surface area contributed by atoms with Crippen LogP contribution in [0.1, 0.15) is 17.5 Å². The minimum atomic E-state index is -0.909. The van der Waals surface area contributed by atoms with Crippen LogP contribution in [-0.2, 0) is 6.54 Å². The van der Waals surface area contributed by atoms with Crippen molar-refractivity contribution in [1.82, 2.24) is 9.55 Å². The van der Waals surface area contributed by atoms with Crippen LogP contribution in [0, 0.1) is 36.8 Å². The topological polar surface area (TPSA) is 41.6 Å². The van der Waals surface area contributed by atoms with Gasteiger partial charge < -0.3 is 4.57 Å². The summed E-state index contributed by atoms with van der Waals surface area (Å²) in [6, 6.07) is 9.83. The normalized spacial score (nSPS) is 10.9. The summed E-state index contributed by atoms with van der Waals surface area (Å²) in [5.41, 5.74) is 4.40. The first-order valence-electron chi connectivity index (χ1n) is 7.31. The van der Waals surface area contributed by atoms with E-state index in [2.05, 4.69) is 11.1 Å². The quantitative estimate of drug-likeness (QED) is 0.714. The van der Waals surface area contributed by atoms with Gasteiger partial charge in [0.15, 0.2) is 11.6 Å². The number of benzene rings is 2. The zero-order chi connectivity index (χ0) is 16.6. The Morgan fingerprint density at radius 3 is 2.52 bits per heavy atom. The van der Waals surface area contributed by atoms with E-state index in [-0.39, 0.29) is 0 Å². The highest BCUT2D eigenvalue weighted by molar-refractivity contribution is 5.82. The van der Waals surface area contributed by atoms with Crippen LogP contribution in [0.15, 0.2) is 30.3 Å². The van der Waals surface area contributed by atoms with E-state index in [1.807, 2.05) is 30.5 Å². The van der Waals surface area contributed by atoms with E-state index in [1.54, 1.807) is 0 Å². The number of aromatic nitrogens is 2. The van der Waals surface area contributed by atoms with Gasteiger partial charge in [0, 0.05) is 12.1 Å². The summed E-state index contributed by atoms with van der Waals surface area (Å²) in [5, 5.41) is 8.88. The van der Waals surface area contributed by atoms with Crippen LogP contribution < -0.4 is 0 Å². The number of rotatable bonds is 3. The molecule has 0 bridgehead atoms. The molecule has 3 nitrogen and oxygen atoms in total. The Bertz CT molecular complexity index is 936. The van der Waals surface area contributed by atoms with E-state index < -0.39 is 11.6 Å². The molecular weight excluding hydrogens is 296 g/mol. The van der Waals surface area contributed by atoms with Crippen molar-refractivity contribution in [2.75, 3.05) is 0 Å². The SMILES string of the molecule is Cc1cc2nc(-c3ccc(F)c(F)c3)n(CCC#N)c2cc1C. The fourth-order valence-corrected chi connectivity index (χ4v) is 2.62. The lowest BCUT2D eigenvalue weighted by atomic mass is 10.1. The monoisotopic (exact) mass is 311 g/mol. The van der Waals surface area contributed by atoms with Crippen LogP contribution in [0.3, 0.4) is 0 Å². The van der Waals surface area contributed by atoms with Crippen molar-refractivity contribution in [3.05, 3.63) is 53.1 Å². The van der Waals surface area contributed by atoms with Crippen molar-refractivity contribution in [3.63, 3.8) is 0 Å². The summed E-state index contributed by atoms with van der Waals surface area (Å²) in [6.07, 6.45) is 0.315. The maximum absolute atomic E-state index is 13.6. The summed E-state index contributed by atoms with van der Waals surface area (Å²) in [7, 11) is 0. The number of nitrogens with zero attached hydrogens (tertiary/aromatic N) is 3. The first kappa shape index (κ1) is 15.2. The molecule has 23 heavy (non-hydrogen) atoms. The minimum absolute atomic E-state index is 0.315. The second-order valence-electron chi connectivity index (χ2n) is 5.55. The Morgan fingerprint density at radius 1 is 1.09 bits per heavy atom. The van der Waals surface area contributed by atoms with E-state index in [0.29, 0.717) is 24.4 Å². The highest BCUT2D eigenvalue weighted by Crippen LogP contribution is 2.28. The number of hydrogen-bond donors (Lipinski definition) is 0. The number of imidazole rings is 1. The van der Waals surface area contributed by atoms with E-state index in [4.69, 9.17) is 5.26 Å². The zero-order valence-electron chi connectivity index (χ0n) is 12.9. The van der Waals surface area contributed by atoms with Crippen molar-refractivity contribution in [2.24, 2.45) is 0 Å². The Morgan fingerprint density at radius 2 is 1.83 bits per heavy atom. The van der Waals surface area contributed by atoms with Gasteiger partial charge in [0.05, 0.1) is 23.5 Å². The van der Waals surface area contributed by atoms with Crippen LogP contribution >= 0.6 is 0 Å². The van der Waals surface area contributed by atoms with E-state index in [0.717, 1.165) is 34.3 Å². The highest BCUT2D eigenvalue weighted by atomic mass is 19.2. The van der Waals surface area contributed by atoms with Crippen molar-refractivity contribution in [3.8, 4) is 17.5 Å². The van der Waals surface area contributed by atoms with Gasteiger partial charge in [-0.15, -0.1) is 0 Å². The smallest absolute Gasteiger partial charge is 0.159 e.